The number of carbonyl (C=O) groups is 1. The summed E-state index contributed by atoms with van der Waals surface area (Å²) in [7, 11) is 0. The van der Waals surface area contributed by atoms with Gasteiger partial charge in [-0.3, -0.25) is 14.7 Å². The van der Waals surface area contributed by atoms with Gasteiger partial charge in [-0.1, -0.05) is 13.0 Å². The molecule has 1 N–H and O–H groups in total. The molecule has 28 heavy (non-hydrogen) atoms. The van der Waals surface area contributed by atoms with Crippen LogP contribution < -0.4 is 5.32 Å². The van der Waals surface area contributed by atoms with Crippen LogP contribution in [0.4, 0.5) is 5.00 Å². The maximum atomic E-state index is 12.6. The van der Waals surface area contributed by atoms with Crippen LogP contribution >= 0.6 is 11.3 Å². The Morgan fingerprint density at radius 3 is 2.82 bits per heavy atom. The Morgan fingerprint density at radius 1 is 1.32 bits per heavy atom. The van der Waals surface area contributed by atoms with Crippen molar-refractivity contribution in [3.8, 4) is 0 Å². The monoisotopic (exact) mass is 395 g/mol. The molecule has 0 saturated carbocycles. The van der Waals surface area contributed by atoms with E-state index >= 15 is 0 Å². The minimum Gasteiger partial charge on any atom is -0.459 e. The Morgan fingerprint density at radius 2 is 2.14 bits per heavy atom. The molecule has 1 aliphatic heterocycles. The summed E-state index contributed by atoms with van der Waals surface area (Å²) in [5.41, 5.74) is 2.29. The maximum absolute atomic E-state index is 12.6. The molecule has 0 aliphatic carbocycles. The van der Waals surface area contributed by atoms with Crippen molar-refractivity contribution >= 4 is 22.2 Å². The fourth-order valence-corrected chi connectivity index (χ4v) is 4.76. The largest absolute Gasteiger partial charge is 0.459 e. The van der Waals surface area contributed by atoms with Gasteiger partial charge in [-0.15, -0.1) is 11.3 Å². The van der Waals surface area contributed by atoms with Gasteiger partial charge in [0.1, 0.15) is 5.00 Å². The number of piperidine rings is 1. The number of rotatable bonds is 5. The van der Waals surface area contributed by atoms with Crippen LogP contribution in [0, 0.1) is 12.8 Å². The van der Waals surface area contributed by atoms with E-state index in [1.54, 1.807) is 29.7 Å². The summed E-state index contributed by atoms with van der Waals surface area (Å²) in [5, 5.41) is 3.95. The van der Waals surface area contributed by atoms with Crippen LogP contribution in [0.25, 0.3) is 0 Å². The van der Waals surface area contributed by atoms with Crippen LogP contribution in [-0.4, -0.2) is 28.9 Å². The zero-order valence-corrected chi connectivity index (χ0v) is 17.0. The second kappa shape index (κ2) is 8.29. The summed E-state index contributed by atoms with van der Waals surface area (Å²) < 4.78 is 5.26. The van der Waals surface area contributed by atoms with E-state index in [-0.39, 0.29) is 11.9 Å². The number of nitrogens with one attached hydrogen (secondary N) is 1. The average Bonchev–Trinajstić information content (AvgIpc) is 3.35. The normalized spacial score (nSPS) is 16.8. The molecule has 3 aromatic heterocycles. The fourth-order valence-electron chi connectivity index (χ4n) is 3.82. The van der Waals surface area contributed by atoms with Crippen molar-refractivity contribution in [2.45, 2.75) is 32.7 Å². The Balaban J connectivity index is 1.69. The highest BCUT2D eigenvalue weighted by atomic mass is 32.1. The number of hydrogen-bond acceptors (Lipinski definition) is 5. The number of anilines is 1. The number of carbonyl (C=O) groups excluding carboxylic acids is 1. The molecule has 1 aliphatic rings. The standard InChI is InChI=1S/C22H25N3O2S/c1-15-7-10-25(11-8-15)20(17-5-3-9-23-14-17)18-13-16(2)28-22(18)24-21(26)19-6-4-12-27-19/h3-6,9,12-15,20H,7-8,10-11H2,1-2H3,(H,24,26)/t20-/m0/s1. The van der Waals surface area contributed by atoms with Gasteiger partial charge in [-0.2, -0.15) is 0 Å². The van der Waals surface area contributed by atoms with Gasteiger partial charge in [0, 0.05) is 22.8 Å². The van der Waals surface area contributed by atoms with Crippen LogP contribution in [0.1, 0.15) is 52.4 Å². The second-order valence-electron chi connectivity index (χ2n) is 7.48. The van der Waals surface area contributed by atoms with Gasteiger partial charge in [0.25, 0.3) is 5.91 Å². The number of aromatic nitrogens is 1. The van der Waals surface area contributed by atoms with Crippen molar-refractivity contribution in [2.24, 2.45) is 5.92 Å². The van der Waals surface area contributed by atoms with Gasteiger partial charge in [0.15, 0.2) is 5.76 Å². The zero-order valence-electron chi connectivity index (χ0n) is 16.2. The molecule has 0 unspecified atom stereocenters. The number of aryl methyl sites for hydroxylation is 1. The molecule has 1 fully saturated rings. The highest BCUT2D eigenvalue weighted by Gasteiger charge is 2.29. The van der Waals surface area contributed by atoms with Crippen LogP contribution in [0.5, 0.6) is 0 Å². The first-order valence-electron chi connectivity index (χ1n) is 9.71. The Hall–Kier alpha value is -2.44. The lowest BCUT2D eigenvalue weighted by atomic mass is 9.93. The lowest BCUT2D eigenvalue weighted by Crippen LogP contribution is -2.37. The maximum Gasteiger partial charge on any atom is 0.291 e. The molecule has 3 aromatic rings. The molecule has 0 spiro atoms. The van der Waals surface area contributed by atoms with E-state index in [2.05, 4.69) is 41.2 Å². The summed E-state index contributed by atoms with van der Waals surface area (Å²) >= 11 is 1.61. The molecule has 4 rings (SSSR count). The third-order valence-corrected chi connectivity index (χ3v) is 6.32. The summed E-state index contributed by atoms with van der Waals surface area (Å²) in [6.45, 7) is 6.48. The number of hydrogen-bond donors (Lipinski definition) is 1. The lowest BCUT2D eigenvalue weighted by molar-refractivity contribution is 0.0996. The molecule has 0 aromatic carbocycles. The lowest BCUT2D eigenvalue weighted by Gasteiger charge is -2.37. The summed E-state index contributed by atoms with van der Waals surface area (Å²) in [4.78, 5) is 20.6. The summed E-state index contributed by atoms with van der Waals surface area (Å²) in [6, 6.07) is 9.79. The van der Waals surface area contributed by atoms with Crippen molar-refractivity contribution in [1.29, 1.82) is 0 Å². The highest BCUT2D eigenvalue weighted by molar-refractivity contribution is 7.16. The van der Waals surface area contributed by atoms with Crippen molar-refractivity contribution in [3.05, 3.63) is 70.8 Å². The van der Waals surface area contributed by atoms with Crippen molar-refractivity contribution < 1.29 is 9.21 Å². The van der Waals surface area contributed by atoms with Crippen molar-refractivity contribution in [2.75, 3.05) is 18.4 Å². The number of thiophene rings is 1. The molecule has 1 atom stereocenters. The predicted octanol–water partition coefficient (Wildman–Crippen LogP) is 5.12. The zero-order chi connectivity index (χ0) is 19.5. The third-order valence-electron chi connectivity index (χ3n) is 5.33. The number of furan rings is 1. The van der Waals surface area contributed by atoms with E-state index in [9.17, 15) is 4.79 Å². The van der Waals surface area contributed by atoms with Gasteiger partial charge in [-0.05, 0) is 68.6 Å². The molecular weight excluding hydrogens is 370 g/mol. The van der Waals surface area contributed by atoms with Gasteiger partial charge in [0.2, 0.25) is 0 Å². The van der Waals surface area contributed by atoms with Crippen LogP contribution in [0.2, 0.25) is 0 Å². The number of pyridine rings is 1. The van der Waals surface area contributed by atoms with E-state index in [4.69, 9.17) is 4.42 Å². The van der Waals surface area contributed by atoms with E-state index in [0.717, 1.165) is 35.1 Å². The number of nitrogens with zero attached hydrogens (tertiary/aromatic N) is 2. The smallest absolute Gasteiger partial charge is 0.291 e. The first-order valence-corrected chi connectivity index (χ1v) is 10.5. The third kappa shape index (κ3) is 4.03. The Kier molecular flexibility index (Phi) is 5.59. The van der Waals surface area contributed by atoms with E-state index in [1.165, 1.54) is 24.0 Å². The number of amides is 1. The Bertz CT molecular complexity index is 913. The molecule has 0 bridgehead atoms. The van der Waals surface area contributed by atoms with Crippen molar-refractivity contribution in [1.82, 2.24) is 9.88 Å². The molecule has 6 heteroatoms. The minimum absolute atomic E-state index is 0.0815. The topological polar surface area (TPSA) is 58.4 Å². The van der Waals surface area contributed by atoms with E-state index in [1.807, 2.05) is 12.3 Å². The number of likely N-dealkylation sites (tertiary alicyclic amines) is 1. The fraction of sp³-hybridized carbons (Fsp3) is 0.364. The van der Waals surface area contributed by atoms with E-state index in [0.29, 0.717) is 5.76 Å². The Labute approximate surface area is 169 Å². The minimum atomic E-state index is -0.217. The van der Waals surface area contributed by atoms with Crippen LogP contribution in [-0.2, 0) is 0 Å². The van der Waals surface area contributed by atoms with Crippen LogP contribution in [0.3, 0.4) is 0 Å². The molecule has 0 radical (unpaired) electrons. The molecule has 4 heterocycles. The summed E-state index contributed by atoms with van der Waals surface area (Å²) in [6.07, 6.45) is 7.63. The van der Waals surface area contributed by atoms with Gasteiger partial charge in [0.05, 0.1) is 12.3 Å². The molecule has 1 amide bonds. The SMILES string of the molecule is Cc1cc([C@H](c2cccnc2)N2CCC(C)CC2)c(NC(=O)c2ccco2)s1. The molecule has 146 valence electrons. The van der Waals surface area contributed by atoms with Gasteiger partial charge in [-0.25, -0.2) is 0 Å². The second-order valence-corrected chi connectivity index (χ2v) is 8.74. The van der Waals surface area contributed by atoms with Crippen molar-refractivity contribution in [3.63, 3.8) is 0 Å². The molecule has 1 saturated heterocycles. The van der Waals surface area contributed by atoms with Gasteiger partial charge < -0.3 is 9.73 Å². The molecular formula is C22H25N3O2S. The van der Waals surface area contributed by atoms with Crippen LogP contribution in [0.15, 0.2) is 53.4 Å². The summed E-state index contributed by atoms with van der Waals surface area (Å²) in [5.74, 6) is 0.861. The average molecular weight is 396 g/mol. The first kappa shape index (κ1) is 18.9. The highest BCUT2D eigenvalue weighted by Crippen LogP contribution is 2.40. The molecule has 5 nitrogen and oxygen atoms in total. The first-order chi connectivity index (χ1) is 13.6. The van der Waals surface area contributed by atoms with Gasteiger partial charge >= 0.3 is 0 Å². The quantitative estimate of drug-likeness (QED) is 0.651. The predicted molar refractivity (Wildman–Crippen MR) is 112 cm³/mol. The van der Waals surface area contributed by atoms with E-state index < -0.39 is 0 Å².